The van der Waals surface area contributed by atoms with E-state index in [0.29, 0.717) is 28.4 Å². The lowest BCUT2D eigenvalue weighted by Crippen LogP contribution is -2.44. The van der Waals surface area contributed by atoms with E-state index in [1.807, 2.05) is 43.3 Å². The number of benzene rings is 2. The van der Waals surface area contributed by atoms with Crippen molar-refractivity contribution in [2.75, 3.05) is 50.9 Å². The number of hydrogen-bond donors (Lipinski definition) is 0. The van der Waals surface area contributed by atoms with Gasteiger partial charge in [-0.25, -0.2) is 4.98 Å². The van der Waals surface area contributed by atoms with E-state index in [-0.39, 0.29) is 12.5 Å². The number of morpholine rings is 1. The summed E-state index contributed by atoms with van der Waals surface area (Å²) < 4.78 is 12.3. The van der Waals surface area contributed by atoms with Gasteiger partial charge in [-0.1, -0.05) is 48.9 Å². The first-order valence-corrected chi connectivity index (χ1v) is 12.5. The van der Waals surface area contributed by atoms with Crippen molar-refractivity contribution in [2.45, 2.75) is 26.7 Å². The van der Waals surface area contributed by atoms with Gasteiger partial charge < -0.3 is 9.47 Å². The molecule has 2 heterocycles. The fourth-order valence-electron chi connectivity index (χ4n) is 3.82. The Balaban J connectivity index is 1.51. The highest BCUT2D eigenvalue weighted by molar-refractivity contribution is 7.22. The molecule has 2 aromatic carbocycles. The third-order valence-corrected chi connectivity index (χ3v) is 7.07. The zero-order chi connectivity index (χ0) is 23.4. The number of fused-ring (bicyclic) bond motifs is 1. The summed E-state index contributed by atoms with van der Waals surface area (Å²) in [5, 5.41) is 1.35. The molecule has 0 bridgehead atoms. The number of ether oxygens (including phenoxy) is 2. The van der Waals surface area contributed by atoms with Crippen LogP contribution in [-0.4, -0.2) is 61.8 Å². The van der Waals surface area contributed by atoms with E-state index >= 15 is 0 Å². The number of amides is 1. The molecule has 6 nitrogen and oxygen atoms in total. The zero-order valence-electron chi connectivity index (χ0n) is 19.3. The van der Waals surface area contributed by atoms with Crippen LogP contribution in [0.25, 0.3) is 10.2 Å². The lowest BCUT2D eigenvalue weighted by Gasteiger charge is -2.29. The number of carbonyl (C=O) groups excluding carboxylic acids is 1. The minimum atomic E-state index is -0.112. The normalized spacial score (nSPS) is 14.7. The van der Waals surface area contributed by atoms with Crippen LogP contribution in [0.4, 0.5) is 5.13 Å². The summed E-state index contributed by atoms with van der Waals surface area (Å²) in [6.45, 7) is 10.7. The Morgan fingerprint density at radius 1 is 1.24 bits per heavy atom. The van der Waals surface area contributed by atoms with Crippen molar-refractivity contribution in [2.24, 2.45) is 0 Å². The van der Waals surface area contributed by atoms with Gasteiger partial charge in [0.05, 0.1) is 23.4 Å². The Morgan fingerprint density at radius 2 is 1.97 bits per heavy atom. The first-order valence-electron chi connectivity index (χ1n) is 11.3. The van der Waals surface area contributed by atoms with Crippen LogP contribution in [0, 0.1) is 6.92 Å². The second-order valence-corrected chi connectivity index (χ2v) is 10.0. The fraction of sp³-hybridized carbons (Fsp3) is 0.440. The molecule has 3 aromatic rings. The van der Waals surface area contributed by atoms with E-state index in [2.05, 4.69) is 18.7 Å². The molecule has 33 heavy (non-hydrogen) atoms. The van der Waals surface area contributed by atoms with Gasteiger partial charge in [0, 0.05) is 31.2 Å². The Morgan fingerprint density at radius 3 is 2.67 bits per heavy atom. The average Bonchev–Trinajstić information content (AvgIpc) is 3.23. The van der Waals surface area contributed by atoms with Crippen LogP contribution in [0.1, 0.15) is 30.9 Å². The Kier molecular flexibility index (Phi) is 7.86. The molecule has 0 aliphatic carbocycles. The number of hydrogen-bond acceptors (Lipinski definition) is 6. The molecule has 176 valence electrons. The van der Waals surface area contributed by atoms with Crippen LogP contribution in [0.15, 0.2) is 36.4 Å². The summed E-state index contributed by atoms with van der Waals surface area (Å²) >= 11 is 7.73. The number of nitrogens with zero attached hydrogens (tertiary/aromatic N) is 3. The molecular weight excluding hydrogens is 458 g/mol. The van der Waals surface area contributed by atoms with Gasteiger partial charge in [-0.3, -0.25) is 14.6 Å². The van der Waals surface area contributed by atoms with Gasteiger partial charge in [-0.2, -0.15) is 0 Å². The molecule has 1 saturated heterocycles. The summed E-state index contributed by atoms with van der Waals surface area (Å²) in [4.78, 5) is 22.1. The predicted molar refractivity (Wildman–Crippen MR) is 135 cm³/mol. The molecule has 1 amide bonds. The topological polar surface area (TPSA) is 54.9 Å². The number of aromatic nitrogens is 1. The maximum atomic E-state index is 13.3. The number of rotatable bonds is 8. The fourth-order valence-corrected chi connectivity index (χ4v) is 5.29. The summed E-state index contributed by atoms with van der Waals surface area (Å²) in [6, 6.07) is 11.7. The largest absolute Gasteiger partial charge is 0.484 e. The van der Waals surface area contributed by atoms with E-state index < -0.39 is 0 Å². The van der Waals surface area contributed by atoms with Crippen LogP contribution < -0.4 is 9.64 Å². The van der Waals surface area contributed by atoms with Crippen molar-refractivity contribution >= 4 is 44.2 Å². The van der Waals surface area contributed by atoms with Gasteiger partial charge in [0.1, 0.15) is 5.75 Å². The monoisotopic (exact) mass is 487 g/mol. The minimum Gasteiger partial charge on any atom is -0.484 e. The molecular formula is C25H30ClN3O3S. The van der Waals surface area contributed by atoms with Crippen molar-refractivity contribution < 1.29 is 14.3 Å². The average molecular weight is 488 g/mol. The highest BCUT2D eigenvalue weighted by atomic mass is 35.5. The van der Waals surface area contributed by atoms with Crippen LogP contribution in [0.3, 0.4) is 0 Å². The lowest BCUT2D eigenvalue weighted by molar-refractivity contribution is -0.120. The van der Waals surface area contributed by atoms with E-state index in [1.165, 1.54) is 16.9 Å². The van der Waals surface area contributed by atoms with Crippen molar-refractivity contribution in [3.05, 3.63) is 52.5 Å². The first-order chi connectivity index (χ1) is 15.9. The molecule has 0 N–H and O–H groups in total. The molecule has 1 fully saturated rings. The van der Waals surface area contributed by atoms with E-state index in [9.17, 15) is 4.79 Å². The zero-order valence-corrected chi connectivity index (χ0v) is 20.9. The third kappa shape index (κ3) is 6.03. The van der Waals surface area contributed by atoms with Crippen molar-refractivity contribution in [1.82, 2.24) is 9.88 Å². The Bertz CT molecular complexity index is 1090. The number of thiazole rings is 1. The molecule has 0 atom stereocenters. The highest BCUT2D eigenvalue weighted by Crippen LogP contribution is 2.33. The second-order valence-electron chi connectivity index (χ2n) is 8.58. The smallest absolute Gasteiger partial charge is 0.266 e. The van der Waals surface area contributed by atoms with Crippen LogP contribution >= 0.6 is 22.9 Å². The van der Waals surface area contributed by atoms with E-state index in [0.717, 1.165) is 48.6 Å². The standard InChI is InChI=1S/C25H30ClN3O3S/c1-17(2)19-4-6-21(7-5-19)32-16-23(30)29(9-8-28-10-12-31-13-11-28)25-27-24-18(3)14-20(26)15-22(24)33-25/h4-7,14-15,17H,8-13,16H2,1-3H3. The second kappa shape index (κ2) is 10.8. The van der Waals surface area contributed by atoms with Crippen LogP contribution in [0.5, 0.6) is 5.75 Å². The van der Waals surface area contributed by atoms with Gasteiger partial charge in [0.25, 0.3) is 5.91 Å². The van der Waals surface area contributed by atoms with Gasteiger partial charge in [0.15, 0.2) is 11.7 Å². The molecule has 0 spiro atoms. The van der Waals surface area contributed by atoms with Crippen LogP contribution in [0.2, 0.25) is 5.02 Å². The van der Waals surface area contributed by atoms with Gasteiger partial charge in [0.2, 0.25) is 0 Å². The van der Waals surface area contributed by atoms with Crippen LogP contribution in [-0.2, 0) is 9.53 Å². The first kappa shape index (κ1) is 24.0. The predicted octanol–water partition coefficient (Wildman–Crippen LogP) is 5.13. The molecule has 4 rings (SSSR count). The number of anilines is 1. The van der Waals surface area contributed by atoms with E-state index in [4.69, 9.17) is 26.1 Å². The maximum absolute atomic E-state index is 13.3. The highest BCUT2D eigenvalue weighted by Gasteiger charge is 2.23. The summed E-state index contributed by atoms with van der Waals surface area (Å²) in [7, 11) is 0. The van der Waals surface area contributed by atoms with E-state index in [1.54, 1.807) is 4.90 Å². The third-order valence-electron chi connectivity index (χ3n) is 5.82. The number of halogens is 1. The molecule has 1 aliphatic rings. The van der Waals surface area contributed by atoms with Gasteiger partial charge >= 0.3 is 0 Å². The number of carbonyl (C=O) groups is 1. The lowest BCUT2D eigenvalue weighted by atomic mass is 10.0. The molecule has 0 saturated carbocycles. The molecule has 0 unspecified atom stereocenters. The summed E-state index contributed by atoms with van der Waals surface area (Å²) in [5.41, 5.74) is 3.13. The molecule has 8 heteroatoms. The Labute approximate surface area is 204 Å². The van der Waals surface area contributed by atoms with Crippen molar-refractivity contribution in [1.29, 1.82) is 0 Å². The van der Waals surface area contributed by atoms with Crippen molar-refractivity contribution in [3.63, 3.8) is 0 Å². The summed E-state index contributed by atoms with van der Waals surface area (Å²) in [6.07, 6.45) is 0. The van der Waals surface area contributed by atoms with Gasteiger partial charge in [-0.05, 0) is 48.2 Å². The molecule has 0 radical (unpaired) electrons. The molecule has 1 aromatic heterocycles. The minimum absolute atomic E-state index is 0.0419. The molecule has 1 aliphatic heterocycles. The number of aryl methyl sites for hydroxylation is 1. The Hall–Kier alpha value is -2.19. The van der Waals surface area contributed by atoms with Gasteiger partial charge in [-0.15, -0.1) is 0 Å². The maximum Gasteiger partial charge on any atom is 0.266 e. The SMILES string of the molecule is Cc1cc(Cl)cc2sc(N(CCN3CCOCC3)C(=O)COc3ccc(C(C)C)cc3)nc12. The van der Waals surface area contributed by atoms with Crippen molar-refractivity contribution in [3.8, 4) is 5.75 Å². The quantitative estimate of drug-likeness (QED) is 0.441. The summed E-state index contributed by atoms with van der Waals surface area (Å²) in [5.74, 6) is 1.03.